The summed E-state index contributed by atoms with van der Waals surface area (Å²) in [6, 6.07) is 1.41. The van der Waals surface area contributed by atoms with E-state index in [1.54, 1.807) is 0 Å². The van der Waals surface area contributed by atoms with E-state index in [1.807, 2.05) is 11.9 Å². The molecule has 0 amide bonds. The summed E-state index contributed by atoms with van der Waals surface area (Å²) in [5.74, 6) is 0. The molecule has 1 N–H and O–H groups in total. The molecule has 0 aromatic heterocycles. The summed E-state index contributed by atoms with van der Waals surface area (Å²) in [5, 5.41) is 3.50. The molecule has 0 aliphatic carbocycles. The van der Waals surface area contributed by atoms with Crippen LogP contribution in [0.2, 0.25) is 0 Å². The fourth-order valence-corrected chi connectivity index (χ4v) is 2.87. The van der Waals surface area contributed by atoms with Crippen LogP contribution in [0.1, 0.15) is 32.1 Å². The summed E-state index contributed by atoms with van der Waals surface area (Å²) in [4.78, 5) is 1.89. The Kier molecular flexibility index (Phi) is 5.10. The first-order chi connectivity index (χ1) is 7.44. The number of halogens is 4. The van der Waals surface area contributed by atoms with Crippen molar-refractivity contribution in [2.45, 2.75) is 56.4 Å². The van der Waals surface area contributed by atoms with Gasteiger partial charge >= 0.3 is 6.18 Å². The third-order valence-corrected chi connectivity index (χ3v) is 3.82. The molecule has 2 bridgehead atoms. The topological polar surface area (TPSA) is 15.3 Å². The molecule has 2 aliphatic rings. The van der Waals surface area contributed by atoms with Gasteiger partial charge in [-0.3, -0.25) is 0 Å². The smallest absolute Gasteiger partial charge is 0.311 e. The Labute approximate surface area is 106 Å². The normalized spacial score (nSPS) is 32.6. The molecular weight excluding hydrogens is 253 g/mol. The Morgan fingerprint density at radius 1 is 1.18 bits per heavy atom. The zero-order valence-corrected chi connectivity index (χ0v) is 10.8. The van der Waals surface area contributed by atoms with E-state index in [0.717, 1.165) is 12.8 Å². The van der Waals surface area contributed by atoms with E-state index >= 15 is 0 Å². The highest BCUT2D eigenvalue weighted by atomic mass is 35.5. The second kappa shape index (κ2) is 5.76. The fraction of sp³-hybridized carbons (Fsp3) is 1.00. The zero-order chi connectivity index (χ0) is 11.8. The molecule has 0 radical (unpaired) electrons. The number of hydrogen-bond acceptors (Lipinski definition) is 2. The van der Waals surface area contributed by atoms with E-state index in [1.165, 1.54) is 12.8 Å². The lowest BCUT2D eigenvalue weighted by Crippen LogP contribution is -2.47. The standard InChI is InChI=1S/C11H19F3N2.ClH/c1-16(5-4-11(12,13)14)10-6-8-2-3-9(7-10)15-8;/h8-10,15H,2-7H2,1H3;1H. The van der Waals surface area contributed by atoms with Crippen molar-refractivity contribution < 1.29 is 13.2 Å². The average molecular weight is 273 g/mol. The van der Waals surface area contributed by atoms with Gasteiger partial charge in [-0.1, -0.05) is 0 Å². The van der Waals surface area contributed by atoms with Gasteiger partial charge in [-0.05, 0) is 32.7 Å². The fourth-order valence-electron chi connectivity index (χ4n) is 2.87. The minimum absolute atomic E-state index is 0. The molecule has 0 aromatic carbocycles. The van der Waals surface area contributed by atoms with Gasteiger partial charge in [0.15, 0.2) is 0 Å². The van der Waals surface area contributed by atoms with Gasteiger partial charge in [0.05, 0.1) is 6.42 Å². The predicted molar refractivity (Wildman–Crippen MR) is 63.5 cm³/mol. The van der Waals surface area contributed by atoms with Crippen molar-refractivity contribution in [1.82, 2.24) is 10.2 Å². The summed E-state index contributed by atoms with van der Waals surface area (Å²) in [7, 11) is 1.82. The van der Waals surface area contributed by atoms with E-state index in [2.05, 4.69) is 5.32 Å². The molecule has 2 rings (SSSR count). The molecule has 2 aliphatic heterocycles. The lowest BCUT2D eigenvalue weighted by Gasteiger charge is -2.35. The van der Waals surface area contributed by atoms with Crippen LogP contribution in [0.4, 0.5) is 13.2 Å². The SMILES string of the molecule is CN(CCC(F)(F)F)C1CC2CCC(C1)N2.Cl. The van der Waals surface area contributed by atoms with Crippen molar-refractivity contribution in [3.63, 3.8) is 0 Å². The highest BCUT2D eigenvalue weighted by Gasteiger charge is 2.36. The molecule has 2 unspecified atom stereocenters. The van der Waals surface area contributed by atoms with Gasteiger partial charge in [0.2, 0.25) is 0 Å². The van der Waals surface area contributed by atoms with Crippen LogP contribution in [0.15, 0.2) is 0 Å². The van der Waals surface area contributed by atoms with E-state index < -0.39 is 12.6 Å². The van der Waals surface area contributed by atoms with Crippen molar-refractivity contribution in [2.75, 3.05) is 13.6 Å². The molecule has 0 spiro atoms. The van der Waals surface area contributed by atoms with Crippen molar-refractivity contribution >= 4 is 12.4 Å². The van der Waals surface area contributed by atoms with Gasteiger partial charge in [0, 0.05) is 24.7 Å². The van der Waals surface area contributed by atoms with Gasteiger partial charge in [0.1, 0.15) is 0 Å². The van der Waals surface area contributed by atoms with E-state index in [4.69, 9.17) is 0 Å². The molecule has 2 saturated heterocycles. The maximum absolute atomic E-state index is 12.1. The van der Waals surface area contributed by atoms with Crippen molar-refractivity contribution in [2.24, 2.45) is 0 Å². The summed E-state index contributed by atoms with van der Waals surface area (Å²) in [6.45, 7) is 0.133. The first-order valence-corrected chi connectivity index (χ1v) is 5.97. The van der Waals surface area contributed by atoms with Gasteiger partial charge in [-0.25, -0.2) is 0 Å². The molecule has 2 nitrogen and oxygen atoms in total. The minimum Gasteiger partial charge on any atom is -0.311 e. The van der Waals surface area contributed by atoms with Crippen LogP contribution in [0, 0.1) is 0 Å². The second-order valence-corrected chi connectivity index (χ2v) is 5.11. The maximum Gasteiger partial charge on any atom is 0.390 e. The Morgan fingerprint density at radius 3 is 2.18 bits per heavy atom. The Morgan fingerprint density at radius 2 is 1.71 bits per heavy atom. The number of fused-ring (bicyclic) bond motifs is 2. The van der Waals surface area contributed by atoms with Crippen LogP contribution in [0.25, 0.3) is 0 Å². The van der Waals surface area contributed by atoms with Gasteiger partial charge < -0.3 is 10.2 Å². The highest BCUT2D eigenvalue weighted by molar-refractivity contribution is 5.85. The first-order valence-electron chi connectivity index (χ1n) is 5.97. The zero-order valence-electron chi connectivity index (χ0n) is 9.96. The third-order valence-electron chi connectivity index (χ3n) is 3.82. The minimum atomic E-state index is -4.03. The average Bonchev–Trinajstić information content (AvgIpc) is 2.53. The molecule has 17 heavy (non-hydrogen) atoms. The van der Waals surface area contributed by atoms with Crippen molar-refractivity contribution in [1.29, 1.82) is 0 Å². The van der Waals surface area contributed by atoms with Crippen molar-refractivity contribution in [3.8, 4) is 0 Å². The number of hydrogen-bond donors (Lipinski definition) is 1. The summed E-state index contributed by atoms with van der Waals surface area (Å²) < 4.78 is 36.3. The predicted octanol–water partition coefficient (Wildman–Crippen LogP) is 2.58. The number of rotatable bonds is 3. The van der Waals surface area contributed by atoms with Crippen LogP contribution in [0.5, 0.6) is 0 Å². The van der Waals surface area contributed by atoms with Gasteiger partial charge in [-0.2, -0.15) is 13.2 Å². The lowest BCUT2D eigenvalue weighted by atomic mass is 9.98. The van der Waals surface area contributed by atoms with Gasteiger partial charge in [0.25, 0.3) is 0 Å². The van der Waals surface area contributed by atoms with Crippen LogP contribution in [-0.2, 0) is 0 Å². The summed E-state index contributed by atoms with van der Waals surface area (Å²) in [6.07, 6.45) is -0.332. The summed E-state index contributed by atoms with van der Waals surface area (Å²) >= 11 is 0. The van der Waals surface area contributed by atoms with Crippen LogP contribution in [-0.4, -0.2) is 42.8 Å². The van der Waals surface area contributed by atoms with Crippen LogP contribution >= 0.6 is 12.4 Å². The highest BCUT2D eigenvalue weighted by Crippen LogP contribution is 2.30. The van der Waals surface area contributed by atoms with Gasteiger partial charge in [-0.15, -0.1) is 12.4 Å². The number of nitrogens with zero attached hydrogens (tertiary/aromatic N) is 1. The lowest BCUT2D eigenvalue weighted by molar-refractivity contribution is -0.138. The van der Waals surface area contributed by atoms with Crippen molar-refractivity contribution in [3.05, 3.63) is 0 Å². The first kappa shape index (κ1) is 15.1. The second-order valence-electron chi connectivity index (χ2n) is 5.11. The molecule has 0 aromatic rings. The maximum atomic E-state index is 12.1. The Balaban J connectivity index is 0.00000144. The monoisotopic (exact) mass is 272 g/mol. The Bertz CT molecular complexity index is 235. The summed E-state index contributed by atoms with van der Waals surface area (Å²) in [5.41, 5.74) is 0. The van der Waals surface area contributed by atoms with E-state index in [-0.39, 0.29) is 19.0 Å². The Hall–Kier alpha value is 0. The molecule has 2 atom stereocenters. The number of piperidine rings is 1. The molecule has 2 heterocycles. The quantitative estimate of drug-likeness (QED) is 0.850. The molecule has 2 fully saturated rings. The molecule has 102 valence electrons. The van der Waals surface area contributed by atoms with Crippen LogP contribution < -0.4 is 5.32 Å². The van der Waals surface area contributed by atoms with E-state index in [9.17, 15) is 13.2 Å². The third kappa shape index (κ3) is 4.30. The molecule has 6 heteroatoms. The van der Waals surface area contributed by atoms with Crippen LogP contribution in [0.3, 0.4) is 0 Å². The molecular formula is C11H20ClF3N2. The number of alkyl halides is 3. The largest absolute Gasteiger partial charge is 0.390 e. The van der Waals surface area contributed by atoms with E-state index in [0.29, 0.717) is 18.1 Å². The molecule has 0 saturated carbocycles. The number of nitrogens with one attached hydrogen (secondary N) is 1.